The number of aryl methyl sites for hydroxylation is 1. The molecule has 0 saturated carbocycles. The first-order chi connectivity index (χ1) is 5.66. The minimum atomic E-state index is 1.33. The lowest BCUT2D eigenvalue weighted by Crippen LogP contribution is -1.89. The van der Waals surface area contributed by atoms with Crippen LogP contribution in [-0.2, 0) is 0 Å². The fourth-order valence-corrected chi connectivity index (χ4v) is 1.34. The summed E-state index contributed by atoms with van der Waals surface area (Å²) in [5, 5.41) is 0. The Hall–Kier alpha value is -1.04. The topological polar surface area (TPSA) is 0 Å². The van der Waals surface area contributed by atoms with E-state index in [1.165, 1.54) is 22.3 Å². The van der Waals surface area contributed by atoms with Crippen molar-refractivity contribution in [2.75, 3.05) is 0 Å². The second kappa shape index (κ2) is 3.57. The molecule has 64 valence electrons. The van der Waals surface area contributed by atoms with Crippen LogP contribution in [-0.4, -0.2) is 0 Å². The van der Waals surface area contributed by atoms with Crippen molar-refractivity contribution in [1.29, 1.82) is 0 Å². The van der Waals surface area contributed by atoms with Gasteiger partial charge in [0.15, 0.2) is 0 Å². The molecule has 0 aromatic heterocycles. The minimum absolute atomic E-state index is 1.33. The minimum Gasteiger partial charge on any atom is -0.0871 e. The van der Waals surface area contributed by atoms with Gasteiger partial charge in [-0.3, -0.25) is 0 Å². The summed E-state index contributed by atoms with van der Waals surface area (Å²) < 4.78 is 0. The third kappa shape index (κ3) is 1.58. The van der Waals surface area contributed by atoms with Crippen molar-refractivity contribution in [3.63, 3.8) is 0 Å². The lowest BCUT2D eigenvalue weighted by molar-refractivity contribution is 1.26. The van der Waals surface area contributed by atoms with E-state index in [1.54, 1.807) is 0 Å². The number of benzene rings is 1. The van der Waals surface area contributed by atoms with E-state index < -0.39 is 0 Å². The average Bonchev–Trinajstić information content (AvgIpc) is 2.07. The van der Waals surface area contributed by atoms with Crippen LogP contribution < -0.4 is 0 Å². The van der Waals surface area contributed by atoms with Crippen molar-refractivity contribution < 1.29 is 0 Å². The normalized spacial score (nSPS) is 11.0. The molecule has 0 radical (unpaired) electrons. The van der Waals surface area contributed by atoms with Gasteiger partial charge in [-0.05, 0) is 49.9 Å². The van der Waals surface area contributed by atoms with Crippen molar-refractivity contribution in [1.82, 2.24) is 0 Å². The zero-order valence-corrected chi connectivity index (χ0v) is 8.31. The van der Waals surface area contributed by atoms with Crippen LogP contribution in [0, 0.1) is 20.8 Å². The first kappa shape index (κ1) is 9.05. The molecule has 1 rings (SSSR count). The fourth-order valence-electron chi connectivity index (χ4n) is 1.34. The van der Waals surface area contributed by atoms with Gasteiger partial charge in [-0.1, -0.05) is 24.3 Å². The Bertz CT molecular complexity index is 306. The Kier molecular flexibility index (Phi) is 2.69. The largest absolute Gasteiger partial charge is 0.0871 e. The average molecular weight is 160 g/mol. The van der Waals surface area contributed by atoms with Crippen molar-refractivity contribution in [3.8, 4) is 0 Å². The van der Waals surface area contributed by atoms with Gasteiger partial charge in [-0.2, -0.15) is 0 Å². The van der Waals surface area contributed by atoms with Crippen molar-refractivity contribution in [2.24, 2.45) is 0 Å². The standard InChI is InChI=1S/C12H16/c1-5-6-12-8-7-9(2)10(3)11(12)4/h5-8H,1-4H3/b6-5-. The molecule has 0 fully saturated rings. The predicted molar refractivity (Wildman–Crippen MR) is 55.4 cm³/mol. The highest BCUT2D eigenvalue weighted by Gasteiger charge is 1.99. The third-order valence-electron chi connectivity index (χ3n) is 2.45. The van der Waals surface area contributed by atoms with E-state index in [-0.39, 0.29) is 0 Å². The van der Waals surface area contributed by atoms with E-state index in [0.717, 1.165) is 0 Å². The maximum atomic E-state index is 2.18. The van der Waals surface area contributed by atoms with Gasteiger partial charge >= 0.3 is 0 Å². The Morgan fingerprint density at radius 3 is 2.25 bits per heavy atom. The van der Waals surface area contributed by atoms with Crippen LogP contribution in [0.25, 0.3) is 6.08 Å². The maximum absolute atomic E-state index is 2.18. The molecule has 0 bridgehead atoms. The predicted octanol–water partition coefficient (Wildman–Crippen LogP) is 3.64. The molecule has 0 spiro atoms. The van der Waals surface area contributed by atoms with Crippen LogP contribution in [0.1, 0.15) is 29.2 Å². The van der Waals surface area contributed by atoms with Crippen LogP contribution in [0.5, 0.6) is 0 Å². The molecule has 1 aromatic rings. The molecule has 12 heavy (non-hydrogen) atoms. The Balaban J connectivity index is 3.26. The molecule has 0 heterocycles. The van der Waals surface area contributed by atoms with E-state index in [2.05, 4.69) is 52.0 Å². The summed E-state index contributed by atoms with van der Waals surface area (Å²) >= 11 is 0. The molecule has 0 aliphatic heterocycles. The summed E-state index contributed by atoms with van der Waals surface area (Å²) in [5.74, 6) is 0. The van der Waals surface area contributed by atoms with Gasteiger partial charge in [0.05, 0.1) is 0 Å². The van der Waals surface area contributed by atoms with E-state index >= 15 is 0 Å². The maximum Gasteiger partial charge on any atom is -0.0228 e. The summed E-state index contributed by atoms with van der Waals surface area (Å²) in [5.41, 5.74) is 5.51. The van der Waals surface area contributed by atoms with E-state index in [0.29, 0.717) is 0 Å². The van der Waals surface area contributed by atoms with Gasteiger partial charge in [-0.25, -0.2) is 0 Å². The summed E-state index contributed by atoms with van der Waals surface area (Å²) in [7, 11) is 0. The summed E-state index contributed by atoms with van der Waals surface area (Å²) in [6.07, 6.45) is 4.23. The molecular formula is C12H16. The third-order valence-corrected chi connectivity index (χ3v) is 2.45. The van der Waals surface area contributed by atoms with Crippen LogP contribution in [0.2, 0.25) is 0 Å². The molecule has 0 nitrogen and oxygen atoms in total. The van der Waals surface area contributed by atoms with E-state index in [9.17, 15) is 0 Å². The molecule has 0 unspecified atom stereocenters. The molecule has 1 aromatic carbocycles. The monoisotopic (exact) mass is 160 g/mol. The number of allylic oxidation sites excluding steroid dienone is 1. The van der Waals surface area contributed by atoms with Gasteiger partial charge in [0, 0.05) is 0 Å². The Morgan fingerprint density at radius 2 is 1.67 bits per heavy atom. The summed E-state index contributed by atoms with van der Waals surface area (Å²) in [4.78, 5) is 0. The molecule has 0 saturated heterocycles. The Morgan fingerprint density at radius 1 is 1.00 bits per heavy atom. The molecule has 0 heteroatoms. The van der Waals surface area contributed by atoms with Crippen LogP contribution in [0.15, 0.2) is 18.2 Å². The summed E-state index contributed by atoms with van der Waals surface area (Å²) in [6, 6.07) is 4.36. The molecule has 0 aliphatic rings. The highest BCUT2D eigenvalue weighted by molar-refractivity contribution is 5.56. The van der Waals surface area contributed by atoms with Crippen LogP contribution in [0.4, 0.5) is 0 Å². The van der Waals surface area contributed by atoms with E-state index in [4.69, 9.17) is 0 Å². The van der Waals surface area contributed by atoms with Gasteiger partial charge in [0.1, 0.15) is 0 Å². The Labute approximate surface area is 74.9 Å². The molecule has 0 N–H and O–H groups in total. The summed E-state index contributed by atoms with van der Waals surface area (Å²) in [6.45, 7) is 8.56. The molecule has 0 atom stereocenters. The van der Waals surface area contributed by atoms with Gasteiger partial charge in [0.25, 0.3) is 0 Å². The zero-order chi connectivity index (χ0) is 9.14. The van der Waals surface area contributed by atoms with Crippen LogP contribution >= 0.6 is 0 Å². The first-order valence-electron chi connectivity index (χ1n) is 4.36. The van der Waals surface area contributed by atoms with Gasteiger partial charge in [0.2, 0.25) is 0 Å². The van der Waals surface area contributed by atoms with Gasteiger partial charge in [-0.15, -0.1) is 0 Å². The molecule has 0 aliphatic carbocycles. The highest BCUT2D eigenvalue weighted by Crippen LogP contribution is 2.17. The molecule has 0 amide bonds. The highest BCUT2D eigenvalue weighted by atomic mass is 14.0. The zero-order valence-electron chi connectivity index (χ0n) is 8.31. The second-order valence-corrected chi connectivity index (χ2v) is 3.22. The van der Waals surface area contributed by atoms with Gasteiger partial charge < -0.3 is 0 Å². The lowest BCUT2D eigenvalue weighted by atomic mass is 9.99. The van der Waals surface area contributed by atoms with E-state index in [1.807, 2.05) is 0 Å². The smallest absolute Gasteiger partial charge is 0.0228 e. The molecular weight excluding hydrogens is 144 g/mol. The van der Waals surface area contributed by atoms with Crippen molar-refractivity contribution in [2.45, 2.75) is 27.7 Å². The quantitative estimate of drug-likeness (QED) is 0.588. The SMILES string of the molecule is C/C=C\c1ccc(C)c(C)c1C. The lowest BCUT2D eigenvalue weighted by Gasteiger charge is -2.07. The number of hydrogen-bond acceptors (Lipinski definition) is 0. The second-order valence-electron chi connectivity index (χ2n) is 3.22. The number of hydrogen-bond donors (Lipinski definition) is 0. The first-order valence-corrected chi connectivity index (χ1v) is 4.36. The van der Waals surface area contributed by atoms with Crippen LogP contribution in [0.3, 0.4) is 0 Å². The van der Waals surface area contributed by atoms with Crippen molar-refractivity contribution in [3.05, 3.63) is 40.5 Å². The number of rotatable bonds is 1. The van der Waals surface area contributed by atoms with Crippen molar-refractivity contribution >= 4 is 6.08 Å². The fraction of sp³-hybridized carbons (Fsp3) is 0.333.